The van der Waals surface area contributed by atoms with Crippen molar-refractivity contribution in [3.05, 3.63) is 22.6 Å². The summed E-state index contributed by atoms with van der Waals surface area (Å²) in [6.45, 7) is 1.73. The van der Waals surface area contributed by atoms with Crippen molar-refractivity contribution in [3.63, 3.8) is 0 Å². The molecule has 0 aromatic carbocycles. The second kappa shape index (κ2) is 4.02. The fourth-order valence-corrected chi connectivity index (χ4v) is 2.05. The minimum absolute atomic E-state index is 0.518. The molecule has 1 aliphatic rings. The Bertz CT molecular complexity index is 305. The molecule has 0 bridgehead atoms. The molecule has 0 spiro atoms. The molecule has 4 nitrogen and oxygen atoms in total. The van der Waals surface area contributed by atoms with Gasteiger partial charge in [-0.3, -0.25) is 4.90 Å². The van der Waals surface area contributed by atoms with Crippen LogP contribution in [0.25, 0.3) is 0 Å². The molecular weight excluding hydrogens is 250 g/mol. The highest BCUT2D eigenvalue weighted by atomic mass is 79.9. The van der Waals surface area contributed by atoms with E-state index in [-0.39, 0.29) is 0 Å². The van der Waals surface area contributed by atoms with E-state index in [1.165, 1.54) is 0 Å². The molecule has 0 radical (unpaired) electrons. The minimum atomic E-state index is -0.620. The number of hydrogen-bond donors (Lipinski definition) is 2. The highest BCUT2D eigenvalue weighted by Gasteiger charge is 2.29. The van der Waals surface area contributed by atoms with Crippen LogP contribution in [0, 0.1) is 0 Å². The van der Waals surface area contributed by atoms with E-state index in [9.17, 15) is 10.2 Å². The molecule has 0 amide bonds. The molecule has 1 fully saturated rings. The van der Waals surface area contributed by atoms with E-state index < -0.39 is 12.2 Å². The van der Waals surface area contributed by atoms with Crippen LogP contribution < -0.4 is 0 Å². The van der Waals surface area contributed by atoms with Crippen molar-refractivity contribution in [2.45, 2.75) is 18.8 Å². The molecule has 5 heteroatoms. The lowest BCUT2D eigenvalue weighted by molar-refractivity contribution is 0.0572. The lowest BCUT2D eigenvalue weighted by Gasteiger charge is -2.12. The molecule has 1 aliphatic heterocycles. The van der Waals surface area contributed by atoms with E-state index in [1.807, 2.05) is 11.0 Å². The van der Waals surface area contributed by atoms with Crippen LogP contribution in [0.15, 0.2) is 21.4 Å². The first-order valence-electron chi connectivity index (χ1n) is 4.46. The van der Waals surface area contributed by atoms with Gasteiger partial charge < -0.3 is 14.6 Å². The Labute approximate surface area is 90.3 Å². The van der Waals surface area contributed by atoms with Crippen LogP contribution in [-0.4, -0.2) is 40.4 Å². The van der Waals surface area contributed by atoms with E-state index in [0.717, 1.165) is 5.56 Å². The summed E-state index contributed by atoms with van der Waals surface area (Å²) in [4.78, 5) is 1.99. The maximum absolute atomic E-state index is 9.33. The van der Waals surface area contributed by atoms with Gasteiger partial charge in [-0.2, -0.15) is 0 Å². The van der Waals surface area contributed by atoms with E-state index in [1.54, 1.807) is 6.26 Å². The molecule has 0 saturated carbocycles. The number of nitrogens with zero attached hydrogens (tertiary/aromatic N) is 1. The number of rotatable bonds is 2. The second-order valence-electron chi connectivity index (χ2n) is 3.59. The highest BCUT2D eigenvalue weighted by Crippen LogP contribution is 2.18. The molecule has 1 aromatic rings. The number of β-amino-alcohol motifs (C(OH)–C–C–N with tert-alkyl or cyclic N) is 2. The van der Waals surface area contributed by atoms with E-state index >= 15 is 0 Å². The zero-order valence-electron chi connectivity index (χ0n) is 7.56. The molecule has 14 heavy (non-hydrogen) atoms. The van der Waals surface area contributed by atoms with Gasteiger partial charge >= 0.3 is 0 Å². The SMILES string of the molecule is OC1CN(Cc2coc(Br)c2)CC1O. The number of furan rings is 1. The van der Waals surface area contributed by atoms with Crippen LogP contribution in [-0.2, 0) is 6.54 Å². The molecule has 2 rings (SSSR count). The molecule has 2 heterocycles. The van der Waals surface area contributed by atoms with E-state index in [4.69, 9.17) is 4.42 Å². The zero-order chi connectivity index (χ0) is 10.1. The Kier molecular flexibility index (Phi) is 2.92. The van der Waals surface area contributed by atoms with Crippen LogP contribution in [0.5, 0.6) is 0 Å². The minimum Gasteiger partial charge on any atom is -0.457 e. The van der Waals surface area contributed by atoms with Gasteiger partial charge in [0.2, 0.25) is 0 Å². The van der Waals surface area contributed by atoms with Crippen molar-refractivity contribution in [1.29, 1.82) is 0 Å². The summed E-state index contributed by atoms with van der Waals surface area (Å²) in [7, 11) is 0. The number of hydrogen-bond acceptors (Lipinski definition) is 4. The highest BCUT2D eigenvalue weighted by molar-refractivity contribution is 9.10. The zero-order valence-corrected chi connectivity index (χ0v) is 9.14. The molecule has 78 valence electrons. The summed E-state index contributed by atoms with van der Waals surface area (Å²) in [5, 5.41) is 18.7. The summed E-state index contributed by atoms with van der Waals surface area (Å²) in [5.74, 6) is 0. The smallest absolute Gasteiger partial charge is 0.169 e. The third-order valence-electron chi connectivity index (χ3n) is 2.36. The van der Waals surface area contributed by atoms with Crippen molar-refractivity contribution in [2.75, 3.05) is 13.1 Å². The maximum atomic E-state index is 9.33. The molecule has 1 saturated heterocycles. The predicted octanol–water partition coefficient (Wildman–Crippen LogP) is 0.579. The average Bonchev–Trinajstić information content (AvgIpc) is 2.62. The third-order valence-corrected chi connectivity index (χ3v) is 2.78. The quantitative estimate of drug-likeness (QED) is 0.818. The molecule has 0 aliphatic carbocycles. The Balaban J connectivity index is 1.93. The topological polar surface area (TPSA) is 56.8 Å². The largest absolute Gasteiger partial charge is 0.457 e. The summed E-state index contributed by atoms with van der Waals surface area (Å²) in [5.41, 5.74) is 1.04. The van der Waals surface area contributed by atoms with Gasteiger partial charge in [-0.05, 0) is 22.0 Å². The van der Waals surface area contributed by atoms with Gasteiger partial charge in [0, 0.05) is 25.2 Å². The Morgan fingerprint density at radius 3 is 2.57 bits per heavy atom. The second-order valence-corrected chi connectivity index (χ2v) is 4.37. The molecule has 2 unspecified atom stereocenters. The number of aliphatic hydroxyl groups excluding tert-OH is 2. The van der Waals surface area contributed by atoms with Crippen molar-refractivity contribution in [2.24, 2.45) is 0 Å². The maximum Gasteiger partial charge on any atom is 0.169 e. The number of aliphatic hydroxyl groups is 2. The van der Waals surface area contributed by atoms with Crippen molar-refractivity contribution < 1.29 is 14.6 Å². The summed E-state index contributed by atoms with van der Waals surface area (Å²) >= 11 is 3.22. The van der Waals surface area contributed by atoms with Gasteiger partial charge in [0.25, 0.3) is 0 Å². The van der Waals surface area contributed by atoms with Crippen LogP contribution in [0.1, 0.15) is 5.56 Å². The van der Waals surface area contributed by atoms with Crippen molar-refractivity contribution in [1.82, 2.24) is 4.90 Å². The van der Waals surface area contributed by atoms with Crippen LogP contribution >= 0.6 is 15.9 Å². The Morgan fingerprint density at radius 2 is 2.07 bits per heavy atom. The van der Waals surface area contributed by atoms with Gasteiger partial charge in [-0.15, -0.1) is 0 Å². The standard InChI is InChI=1S/C9H12BrNO3/c10-9-1-6(5-14-9)2-11-3-7(12)8(13)4-11/h1,5,7-8,12-13H,2-4H2. The van der Waals surface area contributed by atoms with Gasteiger partial charge in [-0.1, -0.05) is 0 Å². The lowest BCUT2D eigenvalue weighted by Crippen LogP contribution is -2.22. The normalized spacial score (nSPS) is 28.5. The Hall–Kier alpha value is -0.360. The van der Waals surface area contributed by atoms with Gasteiger partial charge in [0.05, 0.1) is 18.5 Å². The lowest BCUT2D eigenvalue weighted by atomic mass is 10.3. The summed E-state index contributed by atoms with van der Waals surface area (Å²) in [6.07, 6.45) is 0.428. The average molecular weight is 262 g/mol. The van der Waals surface area contributed by atoms with E-state index in [2.05, 4.69) is 15.9 Å². The number of halogens is 1. The third kappa shape index (κ3) is 2.17. The van der Waals surface area contributed by atoms with Gasteiger partial charge in [-0.25, -0.2) is 0 Å². The van der Waals surface area contributed by atoms with Crippen molar-refractivity contribution in [3.8, 4) is 0 Å². The van der Waals surface area contributed by atoms with E-state index in [0.29, 0.717) is 24.3 Å². The van der Waals surface area contributed by atoms with Crippen LogP contribution in [0.3, 0.4) is 0 Å². The predicted molar refractivity (Wildman–Crippen MR) is 53.7 cm³/mol. The fraction of sp³-hybridized carbons (Fsp3) is 0.556. The first-order valence-corrected chi connectivity index (χ1v) is 5.26. The van der Waals surface area contributed by atoms with Crippen LogP contribution in [0.4, 0.5) is 0 Å². The van der Waals surface area contributed by atoms with Crippen LogP contribution in [0.2, 0.25) is 0 Å². The first-order chi connectivity index (χ1) is 6.65. The Morgan fingerprint density at radius 1 is 1.43 bits per heavy atom. The molecule has 2 N–H and O–H groups in total. The van der Waals surface area contributed by atoms with Gasteiger partial charge in [0.1, 0.15) is 0 Å². The molecule has 1 aromatic heterocycles. The fourth-order valence-electron chi connectivity index (χ4n) is 1.66. The summed E-state index contributed by atoms with van der Waals surface area (Å²) in [6, 6.07) is 1.89. The van der Waals surface area contributed by atoms with Crippen molar-refractivity contribution >= 4 is 15.9 Å². The summed E-state index contributed by atoms with van der Waals surface area (Å²) < 4.78 is 5.80. The van der Waals surface area contributed by atoms with Gasteiger partial charge in [0.15, 0.2) is 4.67 Å². The monoisotopic (exact) mass is 261 g/mol. The first kappa shape index (κ1) is 10.2. The molecule has 2 atom stereocenters. The number of likely N-dealkylation sites (tertiary alicyclic amines) is 1. The molecular formula is C9H12BrNO3.